The van der Waals surface area contributed by atoms with Gasteiger partial charge in [-0.2, -0.15) is 16.8 Å². The SMILES string of the molecule is CCNC1(C)CNC1.CS(=O)(=O)O.CS(=O)(=O)O. The standard InChI is InChI=1S/C6H14N2.2CH4O3S/c1-3-8-6(2)4-7-5-6;2*1-5(2,3)4/h7-8H,3-5H2,1-2H3;2*1H3,(H,2,3,4). The summed E-state index contributed by atoms with van der Waals surface area (Å²) in [7, 11) is -7.33. The summed E-state index contributed by atoms with van der Waals surface area (Å²) in [5, 5.41) is 6.62. The lowest BCUT2D eigenvalue weighted by Gasteiger charge is -2.40. The van der Waals surface area contributed by atoms with Crippen LogP contribution < -0.4 is 10.6 Å². The van der Waals surface area contributed by atoms with E-state index < -0.39 is 20.2 Å². The first kappa shape index (κ1) is 20.1. The third-order valence-corrected chi connectivity index (χ3v) is 1.63. The van der Waals surface area contributed by atoms with Crippen molar-refractivity contribution in [2.75, 3.05) is 32.1 Å². The number of hydrogen-bond donors (Lipinski definition) is 4. The number of likely N-dealkylation sites (N-methyl/N-ethyl adjacent to an activating group) is 1. The molecule has 1 aliphatic heterocycles. The maximum absolute atomic E-state index is 9.19. The molecular weight excluding hydrogens is 284 g/mol. The van der Waals surface area contributed by atoms with E-state index in [0.717, 1.165) is 19.6 Å². The van der Waals surface area contributed by atoms with Gasteiger partial charge in [-0.1, -0.05) is 6.92 Å². The van der Waals surface area contributed by atoms with Crippen molar-refractivity contribution >= 4 is 20.2 Å². The Labute approximate surface area is 109 Å². The first-order valence-corrected chi connectivity index (χ1v) is 8.77. The van der Waals surface area contributed by atoms with E-state index in [1.807, 2.05) is 0 Å². The maximum Gasteiger partial charge on any atom is 0.261 e. The molecule has 0 radical (unpaired) electrons. The molecule has 18 heavy (non-hydrogen) atoms. The highest BCUT2D eigenvalue weighted by Gasteiger charge is 2.29. The molecule has 0 unspecified atom stereocenters. The van der Waals surface area contributed by atoms with Crippen molar-refractivity contribution in [3.63, 3.8) is 0 Å². The average Bonchev–Trinajstić information content (AvgIpc) is 1.95. The third kappa shape index (κ3) is 24.8. The Bertz CT molecular complexity index is 367. The highest BCUT2D eigenvalue weighted by Crippen LogP contribution is 2.07. The number of nitrogens with one attached hydrogen (secondary N) is 2. The van der Waals surface area contributed by atoms with Gasteiger partial charge in [0.25, 0.3) is 20.2 Å². The van der Waals surface area contributed by atoms with Crippen LogP contribution >= 0.6 is 0 Å². The molecule has 112 valence electrons. The van der Waals surface area contributed by atoms with E-state index in [1.54, 1.807) is 0 Å². The first-order chi connectivity index (χ1) is 7.77. The topological polar surface area (TPSA) is 133 Å². The van der Waals surface area contributed by atoms with Crippen molar-refractivity contribution in [1.82, 2.24) is 10.6 Å². The van der Waals surface area contributed by atoms with E-state index in [0.29, 0.717) is 18.1 Å². The maximum atomic E-state index is 9.19. The lowest BCUT2D eigenvalue weighted by atomic mass is 9.95. The van der Waals surface area contributed by atoms with Crippen molar-refractivity contribution in [3.8, 4) is 0 Å². The predicted molar refractivity (Wildman–Crippen MR) is 69.9 cm³/mol. The lowest BCUT2D eigenvalue weighted by molar-refractivity contribution is 0.243. The zero-order valence-electron chi connectivity index (χ0n) is 11.0. The van der Waals surface area contributed by atoms with Gasteiger partial charge in [0.2, 0.25) is 0 Å². The van der Waals surface area contributed by atoms with Gasteiger partial charge in [0.15, 0.2) is 0 Å². The van der Waals surface area contributed by atoms with Crippen LogP contribution in [0.25, 0.3) is 0 Å². The normalized spacial score (nSPS) is 17.4. The molecule has 1 fully saturated rings. The quantitative estimate of drug-likeness (QED) is 0.476. The van der Waals surface area contributed by atoms with Gasteiger partial charge in [-0.15, -0.1) is 0 Å². The molecular formula is C8H22N2O6S2. The Morgan fingerprint density at radius 2 is 1.39 bits per heavy atom. The summed E-state index contributed by atoms with van der Waals surface area (Å²) < 4.78 is 51.7. The summed E-state index contributed by atoms with van der Waals surface area (Å²) in [6.45, 7) is 7.72. The van der Waals surface area contributed by atoms with Crippen LogP contribution in [-0.2, 0) is 20.2 Å². The van der Waals surface area contributed by atoms with Gasteiger partial charge in [0, 0.05) is 18.6 Å². The van der Waals surface area contributed by atoms with Crippen LogP contribution in [0.1, 0.15) is 13.8 Å². The molecule has 10 heteroatoms. The van der Waals surface area contributed by atoms with Crippen molar-refractivity contribution in [2.24, 2.45) is 0 Å². The Kier molecular flexibility index (Phi) is 8.94. The van der Waals surface area contributed by atoms with E-state index in [-0.39, 0.29) is 0 Å². The minimum Gasteiger partial charge on any atom is -0.313 e. The summed E-state index contributed by atoms with van der Waals surface area (Å²) in [6, 6.07) is 0. The smallest absolute Gasteiger partial charge is 0.261 e. The first-order valence-electron chi connectivity index (χ1n) is 5.07. The Balaban J connectivity index is 0. The molecule has 4 N–H and O–H groups in total. The fraction of sp³-hybridized carbons (Fsp3) is 1.00. The van der Waals surface area contributed by atoms with Gasteiger partial charge in [-0.25, -0.2) is 0 Å². The number of rotatable bonds is 2. The van der Waals surface area contributed by atoms with Crippen molar-refractivity contribution < 1.29 is 25.9 Å². The average molecular weight is 306 g/mol. The molecule has 0 amide bonds. The molecule has 1 aliphatic rings. The Morgan fingerprint density at radius 1 is 1.11 bits per heavy atom. The molecule has 0 atom stereocenters. The second kappa shape index (κ2) is 8.02. The summed E-state index contributed by atoms with van der Waals surface area (Å²) in [6.07, 6.45) is 1.43. The largest absolute Gasteiger partial charge is 0.313 e. The van der Waals surface area contributed by atoms with Gasteiger partial charge < -0.3 is 10.6 Å². The van der Waals surface area contributed by atoms with Crippen LogP contribution in [0.5, 0.6) is 0 Å². The van der Waals surface area contributed by atoms with E-state index in [9.17, 15) is 16.8 Å². The van der Waals surface area contributed by atoms with Crippen LogP contribution in [0, 0.1) is 0 Å². The third-order valence-electron chi connectivity index (χ3n) is 1.63. The molecule has 0 aromatic carbocycles. The van der Waals surface area contributed by atoms with Gasteiger partial charge in [-0.05, 0) is 13.5 Å². The lowest BCUT2D eigenvalue weighted by Crippen LogP contribution is -2.65. The van der Waals surface area contributed by atoms with Crippen molar-refractivity contribution in [1.29, 1.82) is 0 Å². The van der Waals surface area contributed by atoms with Crippen molar-refractivity contribution in [3.05, 3.63) is 0 Å². The molecule has 0 spiro atoms. The fourth-order valence-electron chi connectivity index (χ4n) is 1.05. The summed E-state index contributed by atoms with van der Waals surface area (Å²) >= 11 is 0. The number of hydrogen-bond acceptors (Lipinski definition) is 6. The molecule has 0 saturated carbocycles. The van der Waals surface area contributed by atoms with E-state index >= 15 is 0 Å². The molecule has 8 nitrogen and oxygen atoms in total. The van der Waals surface area contributed by atoms with Crippen LogP contribution in [0.15, 0.2) is 0 Å². The monoisotopic (exact) mass is 306 g/mol. The minimum atomic E-state index is -3.67. The summed E-state index contributed by atoms with van der Waals surface area (Å²) in [5.41, 5.74) is 0.411. The van der Waals surface area contributed by atoms with Crippen LogP contribution in [0.4, 0.5) is 0 Å². The van der Waals surface area contributed by atoms with E-state index in [1.165, 1.54) is 0 Å². The molecule has 0 bridgehead atoms. The highest BCUT2D eigenvalue weighted by atomic mass is 32.2. The minimum absolute atomic E-state index is 0.411. The second-order valence-corrected chi connectivity index (χ2v) is 7.09. The van der Waals surface area contributed by atoms with E-state index in [4.69, 9.17) is 9.11 Å². The summed E-state index contributed by atoms with van der Waals surface area (Å²) in [4.78, 5) is 0. The molecule has 1 rings (SSSR count). The van der Waals surface area contributed by atoms with Crippen LogP contribution in [0.3, 0.4) is 0 Å². The fourth-order valence-corrected chi connectivity index (χ4v) is 1.05. The van der Waals surface area contributed by atoms with Crippen LogP contribution in [0.2, 0.25) is 0 Å². The second-order valence-electron chi connectivity index (χ2n) is 4.16. The van der Waals surface area contributed by atoms with E-state index in [2.05, 4.69) is 24.5 Å². The molecule has 0 aliphatic carbocycles. The Morgan fingerprint density at radius 3 is 1.44 bits per heavy atom. The Hall–Kier alpha value is -0.260. The van der Waals surface area contributed by atoms with Crippen LogP contribution in [-0.4, -0.2) is 63.6 Å². The van der Waals surface area contributed by atoms with Gasteiger partial charge in [0.05, 0.1) is 12.5 Å². The molecule has 0 aromatic rings. The zero-order chi connectivity index (χ0) is 15.0. The molecule has 0 aromatic heterocycles. The van der Waals surface area contributed by atoms with Gasteiger partial charge >= 0.3 is 0 Å². The molecule has 1 saturated heterocycles. The van der Waals surface area contributed by atoms with Crippen molar-refractivity contribution in [2.45, 2.75) is 19.4 Å². The predicted octanol–water partition coefficient (Wildman–Crippen LogP) is -1.03. The summed E-state index contributed by atoms with van der Waals surface area (Å²) in [5.74, 6) is 0. The van der Waals surface area contributed by atoms with Gasteiger partial charge in [0.1, 0.15) is 0 Å². The highest BCUT2D eigenvalue weighted by molar-refractivity contribution is 7.85. The van der Waals surface area contributed by atoms with Gasteiger partial charge in [-0.3, -0.25) is 9.11 Å². The molecule has 1 heterocycles. The zero-order valence-corrected chi connectivity index (χ0v) is 12.6.